The number of ether oxygens (including phenoxy) is 2. The lowest BCUT2D eigenvalue weighted by molar-refractivity contribution is 0.289. The van der Waals surface area contributed by atoms with Crippen molar-refractivity contribution in [3.63, 3.8) is 0 Å². The Labute approximate surface area is 134 Å². The van der Waals surface area contributed by atoms with Crippen LogP contribution in [-0.4, -0.2) is 19.0 Å². The van der Waals surface area contributed by atoms with E-state index in [1.165, 1.54) is 0 Å². The van der Waals surface area contributed by atoms with Crippen LogP contribution in [0.5, 0.6) is 11.5 Å². The van der Waals surface area contributed by atoms with Gasteiger partial charge in [-0.15, -0.1) is 11.8 Å². The maximum absolute atomic E-state index is 5.91. The number of benzene rings is 2. The summed E-state index contributed by atoms with van der Waals surface area (Å²) in [4.78, 5) is 1.01. The molecule has 0 unspecified atom stereocenters. The molecule has 3 nitrogen and oxygen atoms in total. The van der Waals surface area contributed by atoms with Gasteiger partial charge in [0.05, 0.1) is 13.2 Å². The highest BCUT2D eigenvalue weighted by Gasteiger charge is 2.04. The lowest BCUT2D eigenvalue weighted by atomic mass is 10.3. The number of halogens is 1. The van der Waals surface area contributed by atoms with Gasteiger partial charge in [-0.05, 0) is 37.3 Å². The molecule has 0 aromatic heterocycles. The third-order valence-electron chi connectivity index (χ3n) is 2.72. The Morgan fingerprint density at radius 2 is 1.81 bits per heavy atom. The highest BCUT2D eigenvalue weighted by Crippen LogP contribution is 2.29. The van der Waals surface area contributed by atoms with Crippen molar-refractivity contribution in [2.45, 2.75) is 11.8 Å². The Morgan fingerprint density at radius 1 is 1.10 bits per heavy atom. The predicted molar refractivity (Wildman–Crippen MR) is 89.7 cm³/mol. The summed E-state index contributed by atoms with van der Waals surface area (Å²) in [6.45, 7) is 3.16. The summed E-state index contributed by atoms with van der Waals surface area (Å²) in [5.41, 5.74) is 6.61. The predicted octanol–water partition coefficient (Wildman–Crippen LogP) is 4.49. The van der Waals surface area contributed by atoms with Crippen molar-refractivity contribution in [3.8, 4) is 11.5 Å². The minimum atomic E-state index is 0.580. The van der Waals surface area contributed by atoms with Crippen molar-refractivity contribution in [1.82, 2.24) is 0 Å². The maximum atomic E-state index is 5.91. The molecule has 0 bridgehead atoms. The molecule has 0 aliphatic carbocycles. The second-order valence-electron chi connectivity index (χ2n) is 4.26. The van der Waals surface area contributed by atoms with E-state index in [1.807, 2.05) is 43.3 Å². The molecular weight excluding hydrogens is 306 g/mol. The van der Waals surface area contributed by atoms with Gasteiger partial charge < -0.3 is 15.2 Å². The first-order valence-corrected chi connectivity index (χ1v) is 8.09. The van der Waals surface area contributed by atoms with Gasteiger partial charge >= 0.3 is 0 Å². The molecule has 0 saturated carbocycles. The number of anilines is 1. The molecule has 21 heavy (non-hydrogen) atoms. The SMILES string of the molecule is CCOc1ccccc1OCCSc1ccc(Cl)cc1N. The van der Waals surface area contributed by atoms with Crippen molar-refractivity contribution < 1.29 is 9.47 Å². The first-order chi connectivity index (χ1) is 10.2. The van der Waals surface area contributed by atoms with E-state index in [0.29, 0.717) is 23.9 Å². The van der Waals surface area contributed by atoms with Crippen LogP contribution in [0.3, 0.4) is 0 Å². The van der Waals surface area contributed by atoms with Crippen LogP contribution in [-0.2, 0) is 0 Å². The van der Waals surface area contributed by atoms with Crippen LogP contribution in [0.15, 0.2) is 47.4 Å². The summed E-state index contributed by atoms with van der Waals surface area (Å²) in [5.74, 6) is 2.34. The zero-order valence-electron chi connectivity index (χ0n) is 11.8. The summed E-state index contributed by atoms with van der Waals surface area (Å²) < 4.78 is 11.3. The molecule has 5 heteroatoms. The van der Waals surface area contributed by atoms with Gasteiger partial charge in [-0.2, -0.15) is 0 Å². The molecule has 0 saturated heterocycles. The number of nitrogens with two attached hydrogens (primary N) is 1. The van der Waals surface area contributed by atoms with E-state index in [0.717, 1.165) is 22.1 Å². The lowest BCUT2D eigenvalue weighted by Gasteiger charge is -2.11. The first kappa shape index (κ1) is 15.9. The van der Waals surface area contributed by atoms with Gasteiger partial charge in [0.15, 0.2) is 11.5 Å². The monoisotopic (exact) mass is 323 g/mol. The van der Waals surface area contributed by atoms with Crippen molar-refractivity contribution in [2.24, 2.45) is 0 Å². The van der Waals surface area contributed by atoms with Crippen LogP contribution >= 0.6 is 23.4 Å². The van der Waals surface area contributed by atoms with Gasteiger partial charge in [-0.3, -0.25) is 0 Å². The van der Waals surface area contributed by atoms with E-state index in [2.05, 4.69) is 0 Å². The van der Waals surface area contributed by atoms with Crippen LogP contribution in [0.2, 0.25) is 5.02 Å². The van der Waals surface area contributed by atoms with Crippen LogP contribution in [0.25, 0.3) is 0 Å². The highest BCUT2D eigenvalue weighted by molar-refractivity contribution is 7.99. The third kappa shape index (κ3) is 4.76. The molecule has 0 spiro atoms. The minimum absolute atomic E-state index is 0.580. The molecule has 2 aromatic carbocycles. The molecule has 2 N–H and O–H groups in total. The first-order valence-electron chi connectivity index (χ1n) is 6.73. The molecule has 0 aliphatic rings. The van der Waals surface area contributed by atoms with E-state index >= 15 is 0 Å². The fraction of sp³-hybridized carbons (Fsp3) is 0.250. The largest absolute Gasteiger partial charge is 0.490 e. The summed E-state index contributed by atoms with van der Waals surface area (Å²) >= 11 is 7.52. The smallest absolute Gasteiger partial charge is 0.161 e. The van der Waals surface area contributed by atoms with Gasteiger partial charge in [-0.25, -0.2) is 0 Å². The Balaban J connectivity index is 1.84. The van der Waals surface area contributed by atoms with E-state index in [9.17, 15) is 0 Å². The van der Waals surface area contributed by atoms with Gasteiger partial charge in [0.1, 0.15) is 0 Å². The molecular formula is C16H18ClNO2S. The second kappa shape index (κ2) is 8.05. The fourth-order valence-corrected chi connectivity index (χ4v) is 2.76. The molecule has 0 heterocycles. The third-order valence-corrected chi connectivity index (χ3v) is 4.01. The van der Waals surface area contributed by atoms with Crippen LogP contribution in [0.1, 0.15) is 6.92 Å². The van der Waals surface area contributed by atoms with Gasteiger partial charge in [0.2, 0.25) is 0 Å². The summed E-state index contributed by atoms with van der Waals surface area (Å²) in [7, 11) is 0. The number of hydrogen-bond acceptors (Lipinski definition) is 4. The second-order valence-corrected chi connectivity index (χ2v) is 5.83. The van der Waals surface area contributed by atoms with E-state index < -0.39 is 0 Å². The number of rotatable bonds is 7. The van der Waals surface area contributed by atoms with E-state index in [4.69, 9.17) is 26.8 Å². The molecule has 0 fully saturated rings. The summed E-state index contributed by atoms with van der Waals surface area (Å²) in [6, 6.07) is 13.2. The Bertz CT molecular complexity index is 592. The summed E-state index contributed by atoms with van der Waals surface area (Å²) in [6.07, 6.45) is 0. The zero-order chi connectivity index (χ0) is 15.1. The maximum Gasteiger partial charge on any atom is 0.161 e. The summed E-state index contributed by atoms with van der Waals surface area (Å²) in [5, 5.41) is 0.652. The van der Waals surface area contributed by atoms with Crippen molar-refractivity contribution in [1.29, 1.82) is 0 Å². The molecule has 112 valence electrons. The molecule has 0 aliphatic heterocycles. The average molecular weight is 324 g/mol. The van der Waals surface area contributed by atoms with Gasteiger partial charge in [0, 0.05) is 21.4 Å². The normalized spacial score (nSPS) is 10.4. The lowest BCUT2D eigenvalue weighted by Crippen LogP contribution is -2.03. The van der Waals surface area contributed by atoms with E-state index in [1.54, 1.807) is 17.8 Å². The van der Waals surface area contributed by atoms with Crippen molar-refractivity contribution in [3.05, 3.63) is 47.5 Å². The number of para-hydroxylation sites is 2. The molecule has 0 amide bonds. The topological polar surface area (TPSA) is 44.5 Å². The van der Waals surface area contributed by atoms with Gasteiger partial charge in [-0.1, -0.05) is 23.7 Å². The van der Waals surface area contributed by atoms with E-state index in [-0.39, 0.29) is 0 Å². The van der Waals surface area contributed by atoms with Crippen LogP contribution in [0, 0.1) is 0 Å². The van der Waals surface area contributed by atoms with Crippen molar-refractivity contribution in [2.75, 3.05) is 24.7 Å². The average Bonchev–Trinajstić information content (AvgIpc) is 2.47. The quantitative estimate of drug-likeness (QED) is 0.463. The fourth-order valence-electron chi connectivity index (χ4n) is 1.80. The number of thioether (sulfide) groups is 1. The molecule has 0 radical (unpaired) electrons. The van der Waals surface area contributed by atoms with Crippen LogP contribution < -0.4 is 15.2 Å². The van der Waals surface area contributed by atoms with Crippen molar-refractivity contribution >= 4 is 29.1 Å². The minimum Gasteiger partial charge on any atom is -0.490 e. The molecule has 0 atom stereocenters. The zero-order valence-corrected chi connectivity index (χ0v) is 13.4. The molecule has 2 rings (SSSR count). The standard InChI is InChI=1S/C16H18ClNO2S/c1-2-19-14-5-3-4-6-15(14)20-9-10-21-16-8-7-12(17)11-13(16)18/h3-8,11H,2,9-10,18H2,1H3. The number of hydrogen-bond donors (Lipinski definition) is 1. The Kier molecular flexibility index (Phi) is 6.08. The van der Waals surface area contributed by atoms with Crippen LogP contribution in [0.4, 0.5) is 5.69 Å². The Morgan fingerprint density at radius 3 is 2.48 bits per heavy atom. The highest BCUT2D eigenvalue weighted by atomic mass is 35.5. The molecule has 2 aromatic rings. The Hall–Kier alpha value is -1.52. The van der Waals surface area contributed by atoms with Gasteiger partial charge in [0.25, 0.3) is 0 Å². The number of nitrogen functional groups attached to an aromatic ring is 1.